The third kappa shape index (κ3) is 1.44. The number of hydrogen-bond donors (Lipinski definition) is 0. The molecular weight excluding hydrogens is 226 g/mol. The monoisotopic (exact) mass is 239 g/mol. The van der Waals surface area contributed by atoms with Crippen LogP contribution in [-0.4, -0.2) is 4.98 Å². The molecule has 3 aromatic rings. The third-order valence-electron chi connectivity index (χ3n) is 3.30. The quantitative estimate of drug-likeness (QED) is 0.565. The minimum Gasteiger partial charge on any atom is -0.428 e. The Morgan fingerprint density at radius 1 is 1.06 bits per heavy atom. The summed E-state index contributed by atoms with van der Waals surface area (Å²) in [5, 5.41) is 1.63. The van der Waals surface area contributed by atoms with Crippen LogP contribution < -0.4 is 5.63 Å². The first kappa shape index (κ1) is 11.0. The Morgan fingerprint density at radius 3 is 2.61 bits per heavy atom. The Labute approximate surface area is 104 Å². The number of hydrogen-bond acceptors (Lipinski definition) is 3. The van der Waals surface area contributed by atoms with E-state index in [1.165, 1.54) is 0 Å². The lowest BCUT2D eigenvalue weighted by atomic mass is 10.0. The summed E-state index contributed by atoms with van der Waals surface area (Å²) in [7, 11) is 0. The van der Waals surface area contributed by atoms with Crippen molar-refractivity contribution >= 4 is 21.8 Å². The molecule has 1 aromatic carbocycles. The average Bonchev–Trinajstić information content (AvgIpc) is 2.27. The number of pyridine rings is 1. The van der Waals surface area contributed by atoms with Crippen LogP contribution in [0.15, 0.2) is 33.5 Å². The maximum absolute atomic E-state index is 12.0. The lowest BCUT2D eigenvalue weighted by molar-refractivity contribution is 0.488. The van der Waals surface area contributed by atoms with Crippen LogP contribution in [0.2, 0.25) is 0 Å². The Hall–Kier alpha value is -2.16. The molecule has 0 unspecified atom stereocenters. The molecule has 0 spiro atoms. The van der Waals surface area contributed by atoms with Crippen LogP contribution in [0, 0.1) is 20.8 Å². The molecule has 3 rings (SSSR count). The van der Waals surface area contributed by atoms with Crippen molar-refractivity contribution in [3.05, 3.63) is 51.6 Å². The molecule has 0 saturated carbocycles. The maximum Gasteiger partial charge on any atom is 0.345 e. The minimum absolute atomic E-state index is 0.305. The maximum atomic E-state index is 12.0. The highest BCUT2D eigenvalue weighted by atomic mass is 16.4. The Bertz CT molecular complexity index is 831. The van der Waals surface area contributed by atoms with Crippen molar-refractivity contribution in [2.75, 3.05) is 0 Å². The zero-order chi connectivity index (χ0) is 12.9. The molecule has 3 heteroatoms. The van der Waals surface area contributed by atoms with Crippen LogP contribution in [0.1, 0.15) is 16.9 Å². The molecule has 0 aliphatic rings. The lowest BCUT2D eigenvalue weighted by Gasteiger charge is -2.08. The van der Waals surface area contributed by atoms with Crippen LogP contribution in [0.4, 0.5) is 0 Å². The van der Waals surface area contributed by atoms with E-state index in [0.717, 1.165) is 22.0 Å². The number of aryl methyl sites for hydroxylation is 3. The smallest absolute Gasteiger partial charge is 0.345 e. The van der Waals surface area contributed by atoms with Gasteiger partial charge >= 0.3 is 5.63 Å². The molecule has 0 aliphatic carbocycles. The molecule has 0 bridgehead atoms. The van der Waals surface area contributed by atoms with Gasteiger partial charge in [-0.05, 0) is 38.0 Å². The van der Waals surface area contributed by atoms with E-state index in [9.17, 15) is 4.79 Å². The van der Waals surface area contributed by atoms with E-state index in [1.54, 1.807) is 6.92 Å². The van der Waals surface area contributed by atoms with E-state index in [0.29, 0.717) is 16.7 Å². The summed E-state index contributed by atoms with van der Waals surface area (Å²) in [6.07, 6.45) is 0. The van der Waals surface area contributed by atoms with E-state index >= 15 is 0 Å². The Morgan fingerprint density at radius 2 is 1.83 bits per heavy atom. The topological polar surface area (TPSA) is 43.1 Å². The lowest BCUT2D eigenvalue weighted by Crippen LogP contribution is -2.04. The number of nitrogens with zero attached hydrogens (tertiary/aromatic N) is 1. The fourth-order valence-electron chi connectivity index (χ4n) is 2.52. The summed E-state index contributed by atoms with van der Waals surface area (Å²) in [5.74, 6) is 0.589. The Kier molecular flexibility index (Phi) is 2.23. The van der Waals surface area contributed by atoms with Crippen molar-refractivity contribution in [3.63, 3.8) is 0 Å². The van der Waals surface area contributed by atoms with Crippen molar-refractivity contribution in [1.82, 2.24) is 4.98 Å². The van der Waals surface area contributed by atoms with E-state index < -0.39 is 0 Å². The molecule has 90 valence electrons. The molecular formula is C15H13NO2. The zero-order valence-electron chi connectivity index (χ0n) is 10.6. The SMILES string of the molecule is Cc1cc2nc3cccc(C)c3c(C)c2c(=O)o1. The van der Waals surface area contributed by atoms with Crippen LogP contribution in [0.3, 0.4) is 0 Å². The molecule has 0 saturated heterocycles. The molecule has 0 N–H and O–H groups in total. The van der Waals surface area contributed by atoms with Gasteiger partial charge in [0.1, 0.15) is 5.76 Å². The van der Waals surface area contributed by atoms with Gasteiger partial charge in [-0.15, -0.1) is 0 Å². The van der Waals surface area contributed by atoms with Gasteiger partial charge in [0.05, 0.1) is 16.4 Å². The molecule has 0 aliphatic heterocycles. The van der Waals surface area contributed by atoms with E-state index in [1.807, 2.05) is 38.1 Å². The predicted octanol–water partition coefficient (Wildman–Crippen LogP) is 3.27. The van der Waals surface area contributed by atoms with Gasteiger partial charge < -0.3 is 4.42 Å². The fourth-order valence-corrected chi connectivity index (χ4v) is 2.52. The predicted molar refractivity (Wildman–Crippen MR) is 72.0 cm³/mol. The highest BCUT2D eigenvalue weighted by molar-refractivity contribution is 5.98. The van der Waals surface area contributed by atoms with E-state index in [4.69, 9.17) is 4.42 Å². The number of benzene rings is 1. The minimum atomic E-state index is -0.305. The molecule has 0 amide bonds. The largest absolute Gasteiger partial charge is 0.428 e. The molecule has 0 radical (unpaired) electrons. The summed E-state index contributed by atoms with van der Waals surface area (Å²) in [4.78, 5) is 16.5. The molecule has 2 aromatic heterocycles. The van der Waals surface area contributed by atoms with Crippen molar-refractivity contribution in [3.8, 4) is 0 Å². The summed E-state index contributed by atoms with van der Waals surface area (Å²) in [6.45, 7) is 5.74. The zero-order valence-corrected chi connectivity index (χ0v) is 10.6. The van der Waals surface area contributed by atoms with Gasteiger partial charge in [0.2, 0.25) is 0 Å². The molecule has 0 fully saturated rings. The summed E-state index contributed by atoms with van der Waals surface area (Å²) in [6, 6.07) is 7.79. The van der Waals surface area contributed by atoms with Gasteiger partial charge in [-0.2, -0.15) is 0 Å². The highest BCUT2D eigenvalue weighted by Gasteiger charge is 2.11. The van der Waals surface area contributed by atoms with Crippen molar-refractivity contribution in [2.24, 2.45) is 0 Å². The summed E-state index contributed by atoms with van der Waals surface area (Å²) >= 11 is 0. The van der Waals surface area contributed by atoms with Crippen molar-refractivity contribution < 1.29 is 4.42 Å². The van der Waals surface area contributed by atoms with Crippen LogP contribution in [-0.2, 0) is 0 Å². The van der Waals surface area contributed by atoms with Crippen molar-refractivity contribution in [1.29, 1.82) is 0 Å². The highest BCUT2D eigenvalue weighted by Crippen LogP contribution is 2.26. The molecule has 0 atom stereocenters. The number of fused-ring (bicyclic) bond motifs is 2. The summed E-state index contributed by atoms with van der Waals surface area (Å²) < 4.78 is 5.16. The molecule has 3 nitrogen and oxygen atoms in total. The number of rotatable bonds is 0. The van der Waals surface area contributed by atoms with Gasteiger partial charge in [-0.25, -0.2) is 9.78 Å². The number of aromatic nitrogens is 1. The third-order valence-corrected chi connectivity index (χ3v) is 3.30. The normalized spacial score (nSPS) is 11.3. The first-order valence-electron chi connectivity index (χ1n) is 5.88. The molecule has 2 heterocycles. The second-order valence-corrected chi connectivity index (χ2v) is 4.61. The first-order chi connectivity index (χ1) is 8.58. The van der Waals surface area contributed by atoms with Crippen LogP contribution in [0.25, 0.3) is 21.8 Å². The van der Waals surface area contributed by atoms with Gasteiger partial charge in [0.25, 0.3) is 0 Å². The summed E-state index contributed by atoms with van der Waals surface area (Å²) in [5.41, 5.74) is 3.39. The molecule has 18 heavy (non-hydrogen) atoms. The van der Waals surface area contributed by atoms with E-state index in [-0.39, 0.29) is 5.63 Å². The first-order valence-corrected chi connectivity index (χ1v) is 5.88. The standard InChI is InChI=1S/C15H13NO2/c1-8-5-4-6-11-13(8)10(3)14-12(16-11)7-9(2)18-15(14)17/h4-7H,1-3H3. The average molecular weight is 239 g/mol. The van der Waals surface area contributed by atoms with Gasteiger partial charge in [0, 0.05) is 11.5 Å². The second-order valence-electron chi connectivity index (χ2n) is 4.61. The van der Waals surface area contributed by atoms with Crippen molar-refractivity contribution in [2.45, 2.75) is 20.8 Å². The van der Waals surface area contributed by atoms with Gasteiger partial charge in [-0.1, -0.05) is 12.1 Å². The van der Waals surface area contributed by atoms with E-state index in [2.05, 4.69) is 4.98 Å². The Balaban J connectivity index is 2.66. The fraction of sp³-hybridized carbons (Fsp3) is 0.200. The van der Waals surface area contributed by atoms with Gasteiger partial charge in [-0.3, -0.25) is 0 Å². The van der Waals surface area contributed by atoms with Crippen LogP contribution in [0.5, 0.6) is 0 Å². The van der Waals surface area contributed by atoms with Gasteiger partial charge in [0.15, 0.2) is 0 Å². The van der Waals surface area contributed by atoms with Crippen LogP contribution >= 0.6 is 0 Å². The second kappa shape index (κ2) is 3.67.